The summed E-state index contributed by atoms with van der Waals surface area (Å²) in [6.07, 6.45) is 3.94. The number of fused-ring (bicyclic) bond motifs is 1. The maximum absolute atomic E-state index is 10.6. The number of rotatable bonds is 6. The Hall–Kier alpha value is -1.90. The topological polar surface area (TPSA) is 74.0 Å². The number of aliphatic hydroxyl groups is 1. The quantitative estimate of drug-likeness (QED) is 0.410. The fourth-order valence-electron chi connectivity index (χ4n) is 2.52. The van der Waals surface area contributed by atoms with Gasteiger partial charge < -0.3 is 20.1 Å². The largest absolute Gasteiger partial charge is 0.383 e. The number of halogens is 1. The summed E-state index contributed by atoms with van der Waals surface area (Å²) in [5.74, 6) is 0.655. The van der Waals surface area contributed by atoms with E-state index in [1.165, 1.54) is 0 Å². The van der Waals surface area contributed by atoms with Crippen molar-refractivity contribution in [2.24, 2.45) is 4.99 Å². The summed E-state index contributed by atoms with van der Waals surface area (Å²) in [4.78, 5) is 10.1. The molecule has 0 aliphatic carbocycles. The van der Waals surface area contributed by atoms with Crippen molar-refractivity contribution in [3.05, 3.63) is 57.1 Å². The predicted molar refractivity (Wildman–Crippen MR) is 110 cm³/mol. The van der Waals surface area contributed by atoms with Crippen molar-refractivity contribution in [1.82, 2.24) is 20.0 Å². The minimum atomic E-state index is -0.945. The minimum Gasteiger partial charge on any atom is -0.383 e. The molecule has 0 radical (unpaired) electrons. The van der Waals surface area contributed by atoms with Gasteiger partial charge in [0.05, 0.1) is 18.8 Å². The first-order chi connectivity index (χ1) is 12.5. The van der Waals surface area contributed by atoms with E-state index in [-0.39, 0.29) is 0 Å². The van der Waals surface area contributed by atoms with Crippen LogP contribution >= 0.6 is 27.3 Å². The van der Waals surface area contributed by atoms with E-state index >= 15 is 0 Å². The second-order valence-electron chi connectivity index (χ2n) is 6.14. The Bertz CT molecular complexity index is 888. The number of hydrogen-bond donors (Lipinski definition) is 3. The lowest BCUT2D eigenvalue weighted by Gasteiger charge is -2.23. The molecule has 6 nitrogen and oxygen atoms in total. The summed E-state index contributed by atoms with van der Waals surface area (Å²) in [6.45, 7) is 5.38. The fourth-order valence-corrected chi connectivity index (χ4v) is 3.66. The third kappa shape index (κ3) is 4.63. The molecule has 3 rings (SSSR count). The van der Waals surface area contributed by atoms with Crippen LogP contribution in [0.2, 0.25) is 0 Å². The van der Waals surface area contributed by atoms with Crippen molar-refractivity contribution in [2.75, 3.05) is 13.1 Å². The Kier molecular flexibility index (Phi) is 5.95. The molecule has 3 aromatic heterocycles. The van der Waals surface area contributed by atoms with E-state index in [9.17, 15) is 5.11 Å². The molecule has 138 valence electrons. The SMILES string of the molecule is CCNC(=NCc1cn2cc(Br)ccc2n1)NCC(C)(O)c1cccs1. The van der Waals surface area contributed by atoms with E-state index in [0.717, 1.165) is 27.2 Å². The Labute approximate surface area is 165 Å². The van der Waals surface area contributed by atoms with Crippen molar-refractivity contribution in [1.29, 1.82) is 0 Å². The molecule has 0 aliphatic heterocycles. The lowest BCUT2D eigenvalue weighted by molar-refractivity contribution is 0.0655. The lowest BCUT2D eigenvalue weighted by atomic mass is 10.1. The third-order valence-electron chi connectivity index (χ3n) is 3.86. The first kappa shape index (κ1) is 18.9. The first-order valence-electron chi connectivity index (χ1n) is 8.39. The van der Waals surface area contributed by atoms with Gasteiger partial charge >= 0.3 is 0 Å². The zero-order valence-electron chi connectivity index (χ0n) is 14.7. The van der Waals surface area contributed by atoms with Crippen molar-refractivity contribution in [2.45, 2.75) is 26.0 Å². The maximum atomic E-state index is 10.6. The molecule has 1 atom stereocenters. The van der Waals surface area contributed by atoms with Crippen LogP contribution in [0.1, 0.15) is 24.4 Å². The highest BCUT2D eigenvalue weighted by molar-refractivity contribution is 9.10. The number of thiophene rings is 1. The molecule has 0 saturated heterocycles. The average molecular weight is 436 g/mol. The summed E-state index contributed by atoms with van der Waals surface area (Å²) >= 11 is 5.00. The highest BCUT2D eigenvalue weighted by Gasteiger charge is 2.24. The Morgan fingerprint density at radius 2 is 2.19 bits per heavy atom. The highest BCUT2D eigenvalue weighted by atomic mass is 79.9. The van der Waals surface area contributed by atoms with Gasteiger partial charge in [-0.05, 0) is 53.4 Å². The van der Waals surface area contributed by atoms with E-state index in [1.807, 2.05) is 53.4 Å². The van der Waals surface area contributed by atoms with E-state index < -0.39 is 5.60 Å². The smallest absolute Gasteiger partial charge is 0.191 e. The monoisotopic (exact) mass is 435 g/mol. The van der Waals surface area contributed by atoms with Gasteiger partial charge in [0.15, 0.2) is 5.96 Å². The van der Waals surface area contributed by atoms with Crippen LogP contribution in [0, 0.1) is 0 Å². The summed E-state index contributed by atoms with van der Waals surface area (Å²) in [5, 5.41) is 19.0. The normalized spacial score (nSPS) is 14.4. The predicted octanol–water partition coefficient (Wildman–Crippen LogP) is 3.12. The number of imidazole rings is 1. The number of nitrogens with one attached hydrogen (secondary N) is 2. The number of guanidine groups is 1. The number of aromatic nitrogens is 2. The molecule has 0 aromatic carbocycles. The van der Waals surface area contributed by atoms with Gasteiger partial charge in [-0.1, -0.05) is 6.07 Å². The molecule has 3 heterocycles. The van der Waals surface area contributed by atoms with Crippen LogP contribution in [-0.4, -0.2) is 33.5 Å². The zero-order chi connectivity index (χ0) is 18.6. The van der Waals surface area contributed by atoms with Crippen LogP contribution in [0.3, 0.4) is 0 Å². The van der Waals surface area contributed by atoms with E-state index in [1.54, 1.807) is 18.3 Å². The van der Waals surface area contributed by atoms with Gasteiger partial charge in [0, 0.05) is 28.3 Å². The number of nitrogens with zero attached hydrogens (tertiary/aromatic N) is 3. The number of hydrogen-bond acceptors (Lipinski definition) is 4. The number of aliphatic imine (C=N–C) groups is 1. The van der Waals surface area contributed by atoms with Gasteiger partial charge in [0.2, 0.25) is 0 Å². The molecule has 0 saturated carbocycles. The van der Waals surface area contributed by atoms with Gasteiger partial charge in [-0.3, -0.25) is 0 Å². The molecule has 0 amide bonds. The molecule has 1 unspecified atom stereocenters. The molecule has 0 fully saturated rings. The minimum absolute atomic E-state index is 0.372. The van der Waals surface area contributed by atoms with Crippen LogP contribution in [-0.2, 0) is 12.1 Å². The van der Waals surface area contributed by atoms with Crippen molar-refractivity contribution in [3.63, 3.8) is 0 Å². The van der Waals surface area contributed by atoms with Crippen molar-refractivity contribution < 1.29 is 5.11 Å². The molecule has 3 aromatic rings. The number of pyridine rings is 1. The summed E-state index contributed by atoms with van der Waals surface area (Å²) < 4.78 is 2.97. The summed E-state index contributed by atoms with van der Waals surface area (Å²) in [6, 6.07) is 7.80. The van der Waals surface area contributed by atoms with E-state index in [2.05, 4.69) is 36.5 Å². The summed E-state index contributed by atoms with van der Waals surface area (Å²) in [7, 11) is 0. The molecule has 0 aliphatic rings. The molecular weight excluding hydrogens is 414 g/mol. The fraction of sp³-hybridized carbons (Fsp3) is 0.333. The second-order valence-corrected chi connectivity index (χ2v) is 8.01. The van der Waals surface area contributed by atoms with E-state index in [4.69, 9.17) is 0 Å². The summed E-state index contributed by atoms with van der Waals surface area (Å²) in [5.41, 5.74) is 0.821. The Morgan fingerprint density at radius 3 is 2.92 bits per heavy atom. The average Bonchev–Trinajstić information content (AvgIpc) is 3.26. The van der Waals surface area contributed by atoms with Crippen LogP contribution in [0.15, 0.2) is 51.5 Å². The standard InChI is InChI=1S/C18H22BrN5OS/c1-3-20-17(22-12-18(2,25)15-5-4-8-26-15)21-9-14-11-24-10-13(19)6-7-16(24)23-14/h4-8,10-11,25H,3,9,12H2,1-2H3,(H2,20,21,22). The molecule has 26 heavy (non-hydrogen) atoms. The third-order valence-corrected chi connectivity index (χ3v) is 5.45. The van der Waals surface area contributed by atoms with Gasteiger partial charge in [-0.2, -0.15) is 0 Å². The van der Waals surface area contributed by atoms with Gasteiger partial charge in [0.25, 0.3) is 0 Å². The highest BCUT2D eigenvalue weighted by Crippen LogP contribution is 2.24. The second kappa shape index (κ2) is 8.20. The van der Waals surface area contributed by atoms with Crippen LogP contribution < -0.4 is 10.6 Å². The molecule has 0 spiro atoms. The Morgan fingerprint density at radius 1 is 1.35 bits per heavy atom. The van der Waals surface area contributed by atoms with Crippen LogP contribution in [0.25, 0.3) is 5.65 Å². The molecule has 8 heteroatoms. The van der Waals surface area contributed by atoms with Crippen molar-refractivity contribution in [3.8, 4) is 0 Å². The zero-order valence-corrected chi connectivity index (χ0v) is 17.1. The Balaban J connectivity index is 1.68. The van der Waals surface area contributed by atoms with E-state index in [0.29, 0.717) is 19.0 Å². The van der Waals surface area contributed by atoms with Gasteiger partial charge in [-0.25, -0.2) is 9.98 Å². The van der Waals surface area contributed by atoms with Crippen molar-refractivity contribution >= 4 is 38.9 Å². The molecule has 0 bridgehead atoms. The lowest BCUT2D eigenvalue weighted by Crippen LogP contribution is -2.44. The first-order valence-corrected chi connectivity index (χ1v) is 10.1. The van der Waals surface area contributed by atoms with Gasteiger partial charge in [0.1, 0.15) is 11.2 Å². The van der Waals surface area contributed by atoms with Crippen LogP contribution in [0.5, 0.6) is 0 Å². The molecular formula is C18H22BrN5OS. The maximum Gasteiger partial charge on any atom is 0.191 e. The van der Waals surface area contributed by atoms with Gasteiger partial charge in [-0.15, -0.1) is 11.3 Å². The van der Waals surface area contributed by atoms with Crippen LogP contribution in [0.4, 0.5) is 0 Å². The molecule has 3 N–H and O–H groups in total.